The number of urea groups is 1. The van der Waals surface area contributed by atoms with Gasteiger partial charge in [-0.05, 0) is 81.5 Å². The molecule has 30 heavy (non-hydrogen) atoms. The number of carbonyl (C=O) groups is 2. The minimum Gasteiger partial charge on any atom is -0.444 e. The van der Waals surface area contributed by atoms with Gasteiger partial charge in [-0.25, -0.2) is 22.7 Å². The van der Waals surface area contributed by atoms with E-state index in [9.17, 15) is 18.0 Å². The lowest BCUT2D eigenvalue weighted by Crippen LogP contribution is -2.34. The second-order valence-electron chi connectivity index (χ2n) is 8.59. The summed E-state index contributed by atoms with van der Waals surface area (Å²) in [4.78, 5) is 24.0. The lowest BCUT2D eigenvalue weighted by molar-refractivity contribution is 0.0534. The molecule has 1 aromatic rings. The highest BCUT2D eigenvalue weighted by Gasteiger charge is 2.25. The first-order valence-electron chi connectivity index (χ1n) is 10.2. The number of fused-ring (bicyclic) bond motifs is 2. The first-order chi connectivity index (χ1) is 14.0. The van der Waals surface area contributed by atoms with Gasteiger partial charge in [-0.2, -0.15) is 0 Å². The lowest BCUT2D eigenvalue weighted by atomic mass is 9.99. The number of benzene rings is 1. The number of anilines is 1. The van der Waals surface area contributed by atoms with Crippen LogP contribution in [0.15, 0.2) is 17.6 Å². The molecule has 0 radical (unpaired) electrons. The maximum absolute atomic E-state index is 12.4. The summed E-state index contributed by atoms with van der Waals surface area (Å²) >= 11 is 0. The highest BCUT2D eigenvalue weighted by Crippen LogP contribution is 2.38. The number of sulfonamides is 1. The molecule has 0 aromatic heterocycles. The summed E-state index contributed by atoms with van der Waals surface area (Å²) in [6.07, 6.45) is 6.43. The number of carbonyl (C=O) groups excluding carboxylic acids is 2. The predicted molar refractivity (Wildman–Crippen MR) is 115 cm³/mol. The Kier molecular flexibility index (Phi) is 6.40. The van der Waals surface area contributed by atoms with Crippen LogP contribution in [0.5, 0.6) is 0 Å². The Balaban J connectivity index is 1.58. The van der Waals surface area contributed by atoms with Crippen molar-refractivity contribution in [1.29, 1.82) is 0 Å². The third kappa shape index (κ3) is 5.75. The van der Waals surface area contributed by atoms with E-state index in [-0.39, 0.29) is 6.54 Å². The fourth-order valence-corrected chi connectivity index (χ4v) is 4.63. The molecule has 3 rings (SSSR count). The molecular formula is C21H29N3O5S. The zero-order valence-electron chi connectivity index (χ0n) is 17.6. The van der Waals surface area contributed by atoms with E-state index in [1.54, 1.807) is 20.8 Å². The van der Waals surface area contributed by atoms with Crippen molar-refractivity contribution in [3.05, 3.63) is 39.8 Å². The fraction of sp³-hybridized carbons (Fsp3) is 0.524. The summed E-state index contributed by atoms with van der Waals surface area (Å²) in [5, 5.41) is 6.05. The van der Waals surface area contributed by atoms with Gasteiger partial charge in [0.25, 0.3) is 10.0 Å². The molecule has 0 heterocycles. The molecule has 0 bridgehead atoms. The van der Waals surface area contributed by atoms with Crippen LogP contribution in [0.3, 0.4) is 0 Å². The zero-order chi connectivity index (χ0) is 21.9. The topological polar surface area (TPSA) is 114 Å². The first-order valence-corrected chi connectivity index (χ1v) is 11.7. The van der Waals surface area contributed by atoms with Crippen LogP contribution in [0, 0.1) is 0 Å². The van der Waals surface area contributed by atoms with Crippen LogP contribution in [0.4, 0.5) is 15.3 Å². The van der Waals surface area contributed by atoms with Crippen molar-refractivity contribution in [3.8, 4) is 0 Å². The van der Waals surface area contributed by atoms with Crippen molar-refractivity contribution in [2.45, 2.75) is 64.9 Å². The van der Waals surface area contributed by atoms with Crippen LogP contribution in [0.2, 0.25) is 0 Å². The molecule has 0 atom stereocenters. The summed E-state index contributed by atoms with van der Waals surface area (Å²) in [5.74, 6) is 0. The third-order valence-electron chi connectivity index (χ3n) is 4.99. The number of nitrogens with one attached hydrogen (secondary N) is 3. The van der Waals surface area contributed by atoms with Crippen LogP contribution >= 0.6 is 0 Å². The van der Waals surface area contributed by atoms with Crippen molar-refractivity contribution < 1.29 is 22.7 Å². The Hall–Kier alpha value is -2.55. The van der Waals surface area contributed by atoms with Gasteiger partial charge in [-0.1, -0.05) is 12.1 Å². The molecule has 164 valence electrons. The number of amides is 3. The van der Waals surface area contributed by atoms with E-state index in [0.717, 1.165) is 60.7 Å². The number of alkyl carbamates (subject to hydrolysis) is 1. The summed E-state index contributed by atoms with van der Waals surface area (Å²) in [6, 6.07) is 1.46. The SMILES string of the molecule is CC(C)(C)OC(=O)NCC=CS(=O)(=O)NC(=O)Nc1c2c(cc3c1CCC3)CCC2. The van der Waals surface area contributed by atoms with E-state index < -0.39 is 27.7 Å². The normalized spacial score (nSPS) is 15.6. The van der Waals surface area contributed by atoms with Gasteiger partial charge in [0.05, 0.1) is 0 Å². The largest absolute Gasteiger partial charge is 0.444 e. The number of ether oxygens (including phenoxy) is 1. The van der Waals surface area contributed by atoms with Crippen LogP contribution in [0.25, 0.3) is 0 Å². The maximum Gasteiger partial charge on any atom is 0.407 e. The van der Waals surface area contributed by atoms with Gasteiger partial charge in [-0.3, -0.25) is 0 Å². The smallest absolute Gasteiger partial charge is 0.407 e. The number of hydrogen-bond acceptors (Lipinski definition) is 5. The molecule has 1 aromatic carbocycles. The molecule has 0 aliphatic heterocycles. The average molecular weight is 436 g/mol. The predicted octanol–water partition coefficient (Wildman–Crippen LogP) is 3.15. The standard InChI is InChI=1S/C21H29N3O5S/c1-21(2,3)29-20(26)22-11-6-12-30(27,28)24-19(25)23-18-16-9-4-7-14(16)13-15-8-5-10-17(15)18/h6,12-13H,4-5,7-11H2,1-3H3,(H,22,26)(H2,23,24,25). The Morgan fingerprint density at radius 1 is 1.07 bits per heavy atom. The molecule has 0 spiro atoms. The summed E-state index contributed by atoms with van der Waals surface area (Å²) in [7, 11) is -4.00. The first kappa shape index (κ1) is 22.1. The second-order valence-corrected chi connectivity index (χ2v) is 10.2. The quantitative estimate of drug-likeness (QED) is 0.657. The highest BCUT2D eigenvalue weighted by molar-refractivity contribution is 7.92. The van der Waals surface area contributed by atoms with Crippen molar-refractivity contribution >= 4 is 27.8 Å². The minimum absolute atomic E-state index is 0.0445. The van der Waals surface area contributed by atoms with Gasteiger partial charge in [0, 0.05) is 17.6 Å². The van der Waals surface area contributed by atoms with Crippen LogP contribution in [0.1, 0.15) is 55.9 Å². The van der Waals surface area contributed by atoms with Crippen LogP contribution < -0.4 is 15.4 Å². The molecule has 0 saturated heterocycles. The maximum atomic E-state index is 12.4. The van der Waals surface area contributed by atoms with Gasteiger partial charge in [0.15, 0.2) is 0 Å². The molecule has 0 unspecified atom stereocenters. The highest BCUT2D eigenvalue weighted by atomic mass is 32.2. The molecule has 9 heteroatoms. The molecule has 2 aliphatic rings. The zero-order valence-corrected chi connectivity index (χ0v) is 18.4. The monoisotopic (exact) mass is 435 g/mol. The van der Waals surface area contributed by atoms with E-state index >= 15 is 0 Å². The third-order valence-corrected chi connectivity index (χ3v) is 6.01. The van der Waals surface area contributed by atoms with Gasteiger partial charge in [-0.15, -0.1) is 0 Å². The van der Waals surface area contributed by atoms with E-state index in [1.165, 1.54) is 17.2 Å². The Morgan fingerprint density at radius 2 is 1.67 bits per heavy atom. The lowest BCUT2D eigenvalue weighted by Gasteiger charge is -2.19. The summed E-state index contributed by atoms with van der Waals surface area (Å²) < 4.78 is 31.4. The van der Waals surface area contributed by atoms with Gasteiger partial charge in [0.2, 0.25) is 0 Å². The Bertz CT molecular complexity index is 945. The van der Waals surface area contributed by atoms with Crippen molar-refractivity contribution in [2.75, 3.05) is 11.9 Å². The van der Waals surface area contributed by atoms with E-state index in [4.69, 9.17) is 4.74 Å². The average Bonchev–Trinajstić information content (AvgIpc) is 3.25. The molecule has 0 fully saturated rings. The second kappa shape index (κ2) is 8.67. The molecule has 0 saturated carbocycles. The fourth-order valence-electron chi connectivity index (χ4n) is 3.90. The van der Waals surface area contributed by atoms with Crippen molar-refractivity contribution in [1.82, 2.24) is 10.0 Å². The van der Waals surface area contributed by atoms with E-state index in [1.807, 2.05) is 4.72 Å². The summed E-state index contributed by atoms with van der Waals surface area (Å²) in [6.45, 7) is 5.14. The molecule has 2 aliphatic carbocycles. The molecular weight excluding hydrogens is 406 g/mol. The molecule has 8 nitrogen and oxygen atoms in total. The number of rotatable bonds is 5. The summed E-state index contributed by atoms with van der Waals surface area (Å²) in [5.41, 5.74) is 4.89. The van der Waals surface area contributed by atoms with Gasteiger partial charge < -0.3 is 15.4 Å². The van der Waals surface area contributed by atoms with Crippen molar-refractivity contribution in [3.63, 3.8) is 0 Å². The van der Waals surface area contributed by atoms with Crippen molar-refractivity contribution in [2.24, 2.45) is 0 Å². The number of aryl methyl sites for hydroxylation is 2. The minimum atomic E-state index is -4.00. The molecule has 3 amide bonds. The van der Waals surface area contributed by atoms with E-state index in [2.05, 4.69) is 16.7 Å². The Morgan fingerprint density at radius 3 is 2.23 bits per heavy atom. The Labute approximate surface area is 177 Å². The van der Waals surface area contributed by atoms with E-state index in [0.29, 0.717) is 0 Å². The van der Waals surface area contributed by atoms with Gasteiger partial charge in [0.1, 0.15) is 5.60 Å². The molecule has 3 N–H and O–H groups in total. The number of hydrogen-bond donors (Lipinski definition) is 3. The van der Waals surface area contributed by atoms with Gasteiger partial charge >= 0.3 is 12.1 Å². The van der Waals surface area contributed by atoms with Crippen LogP contribution in [-0.2, 0) is 40.4 Å². The van der Waals surface area contributed by atoms with Crippen LogP contribution in [-0.4, -0.2) is 32.7 Å².